The highest BCUT2D eigenvalue weighted by Gasteiger charge is 2.31. The Hall–Kier alpha value is -2.38. The topological polar surface area (TPSA) is 125 Å². The Morgan fingerprint density at radius 1 is 1.23 bits per heavy atom. The molecule has 0 aliphatic carbocycles. The predicted molar refractivity (Wildman–Crippen MR) is 118 cm³/mol. The van der Waals surface area contributed by atoms with Crippen LogP contribution in [0.5, 0.6) is 0 Å². The maximum absolute atomic E-state index is 11.6. The van der Waals surface area contributed by atoms with Crippen LogP contribution in [0.25, 0.3) is 11.3 Å². The van der Waals surface area contributed by atoms with E-state index >= 15 is 0 Å². The fraction of sp³-hybridized carbons (Fsp3) is 0.368. The molecule has 0 spiro atoms. The minimum Gasteiger partial charge on any atom is -0.477 e. The number of hydrogen-bond donors (Lipinski definition) is 2. The Kier molecular flexibility index (Phi) is 6.08. The van der Waals surface area contributed by atoms with E-state index in [1.165, 1.54) is 16.1 Å². The Morgan fingerprint density at radius 3 is 2.48 bits per heavy atom. The number of rotatable bonds is 6. The van der Waals surface area contributed by atoms with E-state index in [0.29, 0.717) is 32.7 Å². The van der Waals surface area contributed by atoms with Crippen LogP contribution in [-0.4, -0.2) is 76.6 Å². The third kappa shape index (κ3) is 4.62. The third-order valence-corrected chi connectivity index (χ3v) is 7.62. The van der Waals surface area contributed by atoms with Crippen LogP contribution in [0.3, 0.4) is 0 Å². The van der Waals surface area contributed by atoms with Gasteiger partial charge in [-0.15, -0.1) is 0 Å². The Balaban J connectivity index is 1.58. The molecule has 3 N–H and O–H groups in total. The van der Waals surface area contributed by atoms with Gasteiger partial charge in [0.2, 0.25) is 0 Å². The second-order valence-corrected chi connectivity index (χ2v) is 9.93. The van der Waals surface area contributed by atoms with Gasteiger partial charge in [0.05, 0.1) is 5.69 Å². The number of benzene rings is 1. The summed E-state index contributed by atoms with van der Waals surface area (Å²) in [5.41, 5.74) is 2.73. The molecular formula is C19H24N6O4S2. The zero-order chi connectivity index (χ0) is 22.2. The summed E-state index contributed by atoms with van der Waals surface area (Å²) in [6, 6.07) is 9.81. The molecule has 2 aromatic rings. The molecule has 166 valence electrons. The van der Waals surface area contributed by atoms with Crippen LogP contribution in [0.2, 0.25) is 0 Å². The lowest BCUT2D eigenvalue weighted by atomic mass is 10.1. The molecule has 12 heteroatoms. The van der Waals surface area contributed by atoms with Crippen molar-refractivity contribution in [2.24, 2.45) is 5.14 Å². The SMILES string of the molecule is CN1C(C(=O)O)=CSC1n1cc(CN2CCN(S(N)(=O)=O)CC2)c(-c2ccccc2)n1. The van der Waals surface area contributed by atoms with E-state index in [4.69, 9.17) is 10.2 Å². The number of carboxylic acids is 1. The molecule has 1 unspecified atom stereocenters. The summed E-state index contributed by atoms with van der Waals surface area (Å²) in [6.45, 7) is 2.43. The highest BCUT2D eigenvalue weighted by molar-refractivity contribution is 8.02. The summed E-state index contributed by atoms with van der Waals surface area (Å²) in [4.78, 5) is 15.3. The van der Waals surface area contributed by atoms with E-state index in [9.17, 15) is 18.3 Å². The van der Waals surface area contributed by atoms with Crippen molar-refractivity contribution in [3.05, 3.63) is 53.2 Å². The summed E-state index contributed by atoms with van der Waals surface area (Å²) in [5, 5.41) is 21.0. The Morgan fingerprint density at radius 2 is 1.90 bits per heavy atom. The lowest BCUT2D eigenvalue weighted by Gasteiger charge is -2.32. The molecule has 0 amide bonds. The average molecular weight is 465 g/mol. The molecule has 0 saturated carbocycles. The van der Waals surface area contributed by atoms with Gasteiger partial charge in [0.1, 0.15) is 5.70 Å². The minimum absolute atomic E-state index is 0.229. The molecule has 1 saturated heterocycles. The second kappa shape index (κ2) is 8.63. The molecule has 1 fully saturated rings. The van der Waals surface area contributed by atoms with Crippen molar-refractivity contribution < 1.29 is 18.3 Å². The third-order valence-electron chi connectivity index (χ3n) is 5.40. The van der Waals surface area contributed by atoms with Gasteiger partial charge in [0.25, 0.3) is 10.2 Å². The van der Waals surface area contributed by atoms with Crippen molar-refractivity contribution >= 4 is 27.9 Å². The van der Waals surface area contributed by atoms with E-state index in [2.05, 4.69) is 4.90 Å². The number of nitrogens with two attached hydrogens (primary N) is 1. The molecule has 0 bridgehead atoms. The van der Waals surface area contributed by atoms with Gasteiger partial charge in [-0.2, -0.15) is 17.8 Å². The number of likely N-dealkylation sites (N-methyl/N-ethyl adjacent to an activating group) is 1. The summed E-state index contributed by atoms with van der Waals surface area (Å²) in [5.74, 6) is -0.971. The summed E-state index contributed by atoms with van der Waals surface area (Å²) in [6.07, 6.45) is 1.95. The molecule has 2 aliphatic rings. The molecule has 31 heavy (non-hydrogen) atoms. The zero-order valence-electron chi connectivity index (χ0n) is 17.0. The first-order valence-corrected chi connectivity index (χ1v) is 12.1. The fourth-order valence-corrected chi connectivity index (χ4v) is 5.46. The van der Waals surface area contributed by atoms with E-state index < -0.39 is 16.2 Å². The van der Waals surface area contributed by atoms with Crippen LogP contribution < -0.4 is 5.14 Å². The molecule has 3 heterocycles. The fourth-order valence-electron chi connectivity index (χ4n) is 3.74. The van der Waals surface area contributed by atoms with Gasteiger partial charge >= 0.3 is 5.97 Å². The number of aromatic nitrogens is 2. The summed E-state index contributed by atoms with van der Waals surface area (Å²) >= 11 is 1.39. The van der Waals surface area contributed by atoms with Gasteiger partial charge in [-0.3, -0.25) is 4.90 Å². The minimum atomic E-state index is -3.67. The van der Waals surface area contributed by atoms with Crippen molar-refractivity contribution in [1.82, 2.24) is 23.9 Å². The van der Waals surface area contributed by atoms with Crippen molar-refractivity contribution in [3.63, 3.8) is 0 Å². The van der Waals surface area contributed by atoms with E-state index in [1.807, 2.05) is 36.5 Å². The number of hydrogen-bond acceptors (Lipinski definition) is 7. The number of carboxylic acid groups (broad SMARTS) is 1. The van der Waals surface area contributed by atoms with E-state index in [-0.39, 0.29) is 11.2 Å². The Bertz CT molecular complexity index is 1090. The van der Waals surface area contributed by atoms with Crippen LogP contribution in [0.4, 0.5) is 0 Å². The molecule has 4 rings (SSSR count). The highest BCUT2D eigenvalue weighted by atomic mass is 32.2. The van der Waals surface area contributed by atoms with Gasteiger partial charge in [-0.1, -0.05) is 42.1 Å². The van der Waals surface area contributed by atoms with Crippen molar-refractivity contribution in [2.45, 2.75) is 12.0 Å². The molecular weight excluding hydrogens is 440 g/mol. The lowest BCUT2D eigenvalue weighted by Crippen LogP contribution is -2.50. The van der Waals surface area contributed by atoms with Gasteiger partial charge in [-0.05, 0) is 0 Å². The molecule has 1 aromatic carbocycles. The smallest absolute Gasteiger partial charge is 0.352 e. The maximum Gasteiger partial charge on any atom is 0.352 e. The van der Waals surface area contributed by atoms with Crippen LogP contribution in [0.1, 0.15) is 11.1 Å². The first-order chi connectivity index (χ1) is 14.7. The molecule has 0 radical (unpaired) electrons. The van der Waals surface area contributed by atoms with Gasteiger partial charge in [-0.25, -0.2) is 14.6 Å². The first kappa shape index (κ1) is 21.8. The predicted octanol–water partition coefficient (Wildman–Crippen LogP) is 0.932. The molecule has 2 aliphatic heterocycles. The van der Waals surface area contributed by atoms with Crippen LogP contribution in [0.15, 0.2) is 47.6 Å². The lowest BCUT2D eigenvalue weighted by molar-refractivity contribution is -0.134. The van der Waals surface area contributed by atoms with Gasteiger partial charge < -0.3 is 10.0 Å². The molecule has 10 nitrogen and oxygen atoms in total. The first-order valence-electron chi connectivity index (χ1n) is 9.69. The number of nitrogens with zero attached hydrogens (tertiary/aromatic N) is 5. The van der Waals surface area contributed by atoms with Gasteiger partial charge in [0, 0.05) is 62.5 Å². The number of aliphatic carboxylic acids is 1. The maximum atomic E-state index is 11.6. The second-order valence-electron chi connectivity index (χ2n) is 7.45. The van der Waals surface area contributed by atoms with Crippen molar-refractivity contribution in [3.8, 4) is 11.3 Å². The van der Waals surface area contributed by atoms with E-state index in [0.717, 1.165) is 16.8 Å². The standard InChI is InChI=1S/C19H24N6O4S2/c1-22-16(18(26)27)13-30-19(22)25-12-15(17(21-25)14-5-3-2-4-6-14)11-23-7-9-24(10-8-23)31(20,28)29/h2-6,12-13,19H,7-11H2,1H3,(H,26,27)(H2,20,28,29). The Labute approximate surface area is 185 Å². The monoisotopic (exact) mass is 464 g/mol. The zero-order valence-corrected chi connectivity index (χ0v) is 18.6. The van der Waals surface area contributed by atoms with Crippen molar-refractivity contribution in [1.29, 1.82) is 0 Å². The van der Waals surface area contributed by atoms with Crippen LogP contribution in [0, 0.1) is 0 Å². The van der Waals surface area contributed by atoms with Crippen molar-refractivity contribution in [2.75, 3.05) is 33.2 Å². The van der Waals surface area contributed by atoms with Crippen LogP contribution >= 0.6 is 11.8 Å². The normalized spacial score (nSPS) is 20.8. The van der Waals surface area contributed by atoms with Gasteiger partial charge in [0.15, 0.2) is 5.50 Å². The molecule has 1 atom stereocenters. The number of piperazine rings is 1. The average Bonchev–Trinajstić information content (AvgIpc) is 3.32. The molecule has 1 aromatic heterocycles. The number of carbonyl (C=O) groups is 1. The van der Waals surface area contributed by atoms with Crippen LogP contribution in [-0.2, 0) is 21.5 Å². The summed E-state index contributed by atoms with van der Waals surface area (Å²) < 4.78 is 26.2. The number of thioether (sulfide) groups is 1. The largest absolute Gasteiger partial charge is 0.477 e. The quantitative estimate of drug-likeness (QED) is 0.647. The van der Waals surface area contributed by atoms with E-state index in [1.54, 1.807) is 22.0 Å². The summed E-state index contributed by atoms with van der Waals surface area (Å²) in [7, 11) is -1.93. The highest BCUT2D eigenvalue weighted by Crippen LogP contribution is 2.38.